The first-order valence-electron chi connectivity index (χ1n) is 12.2. The number of hydrogen-bond acceptors (Lipinski definition) is 6. The minimum absolute atomic E-state index is 0.139. The van der Waals surface area contributed by atoms with Gasteiger partial charge in [0.25, 0.3) is 0 Å². The molecule has 0 spiro atoms. The maximum atomic E-state index is 13.2. The van der Waals surface area contributed by atoms with Crippen LogP contribution < -0.4 is 10.7 Å². The summed E-state index contributed by atoms with van der Waals surface area (Å²) in [6, 6.07) is 18.0. The largest absolute Gasteiger partial charge is 0.456 e. The van der Waals surface area contributed by atoms with Gasteiger partial charge in [-0.1, -0.05) is 24.3 Å². The van der Waals surface area contributed by atoms with Crippen LogP contribution >= 0.6 is 0 Å². The zero-order valence-electron chi connectivity index (χ0n) is 21.5. The number of hydrogen-bond donors (Lipinski definition) is 1. The third-order valence-electron chi connectivity index (χ3n) is 6.00. The number of esters is 1. The molecule has 5 aromatic rings. The van der Waals surface area contributed by atoms with Crippen molar-refractivity contribution in [2.75, 3.05) is 5.32 Å². The number of carbonyl (C=O) groups is 1. The molecule has 0 aliphatic heterocycles. The van der Waals surface area contributed by atoms with Crippen molar-refractivity contribution < 1.29 is 13.9 Å². The average molecular weight is 496 g/mol. The monoisotopic (exact) mass is 495 g/mol. The molecule has 1 unspecified atom stereocenters. The number of aryl methyl sites for hydroxylation is 1. The van der Waals surface area contributed by atoms with E-state index in [1.54, 1.807) is 12.1 Å². The highest BCUT2D eigenvalue weighted by Crippen LogP contribution is 2.31. The van der Waals surface area contributed by atoms with Crippen LogP contribution in [-0.2, 0) is 4.74 Å². The van der Waals surface area contributed by atoms with E-state index in [1.165, 1.54) is 6.07 Å². The standard InChI is InChI=1S/C30H29N3O4/c1-18-14-21(19(2)31-23-11-7-6-10-20(23)29(35)37-30(3,4)5)28-22(15-18)25(34)16-26(36-28)24-17-33-13-9-8-12-27(33)32-24/h6-17,19,31H,1-5H3. The number of rotatable bonds is 5. The Morgan fingerprint density at radius 2 is 1.84 bits per heavy atom. The first-order chi connectivity index (χ1) is 17.6. The molecular formula is C30H29N3O4. The van der Waals surface area contributed by atoms with Gasteiger partial charge >= 0.3 is 5.97 Å². The summed E-state index contributed by atoms with van der Waals surface area (Å²) in [4.78, 5) is 30.6. The lowest BCUT2D eigenvalue weighted by Gasteiger charge is -2.22. The smallest absolute Gasteiger partial charge is 0.340 e. The molecule has 7 nitrogen and oxygen atoms in total. The lowest BCUT2D eigenvalue weighted by molar-refractivity contribution is 0.00706. The lowest BCUT2D eigenvalue weighted by atomic mass is 10.0. The molecule has 0 aliphatic rings. The summed E-state index contributed by atoms with van der Waals surface area (Å²) in [6.07, 6.45) is 3.74. The first kappa shape index (κ1) is 24.3. The quantitative estimate of drug-likeness (QED) is 0.279. The van der Waals surface area contributed by atoms with Gasteiger partial charge in [0.2, 0.25) is 0 Å². The number of pyridine rings is 1. The number of imidazole rings is 1. The number of fused-ring (bicyclic) bond motifs is 2. The van der Waals surface area contributed by atoms with Gasteiger partial charge in [0.15, 0.2) is 11.2 Å². The number of aromatic nitrogens is 2. The Morgan fingerprint density at radius 3 is 2.59 bits per heavy atom. The maximum absolute atomic E-state index is 13.2. The van der Waals surface area contributed by atoms with E-state index in [0.29, 0.717) is 33.7 Å². The molecule has 1 N–H and O–H groups in total. The second kappa shape index (κ2) is 9.24. The van der Waals surface area contributed by atoms with E-state index in [9.17, 15) is 9.59 Å². The average Bonchev–Trinajstić information content (AvgIpc) is 3.27. The van der Waals surface area contributed by atoms with E-state index in [1.807, 2.05) is 93.9 Å². The van der Waals surface area contributed by atoms with Gasteiger partial charge in [-0.25, -0.2) is 9.78 Å². The highest BCUT2D eigenvalue weighted by atomic mass is 16.6. The Balaban J connectivity index is 1.57. The van der Waals surface area contributed by atoms with Crippen LogP contribution in [0.3, 0.4) is 0 Å². The summed E-state index contributed by atoms with van der Waals surface area (Å²) >= 11 is 0. The van der Waals surface area contributed by atoms with Gasteiger partial charge in [0.05, 0.1) is 17.0 Å². The van der Waals surface area contributed by atoms with Crippen LogP contribution in [0.25, 0.3) is 28.1 Å². The van der Waals surface area contributed by atoms with Gasteiger partial charge in [-0.05, 0) is 70.5 Å². The van der Waals surface area contributed by atoms with Crippen molar-refractivity contribution >= 4 is 28.3 Å². The van der Waals surface area contributed by atoms with E-state index in [0.717, 1.165) is 16.8 Å². The summed E-state index contributed by atoms with van der Waals surface area (Å²) in [6.45, 7) is 9.43. The number of nitrogens with zero attached hydrogens (tertiary/aromatic N) is 2. The Kier molecular flexibility index (Phi) is 6.07. The number of benzene rings is 2. The molecule has 0 saturated carbocycles. The third-order valence-corrected chi connectivity index (χ3v) is 6.00. The predicted octanol–water partition coefficient (Wildman–Crippen LogP) is 6.54. The van der Waals surface area contributed by atoms with Gasteiger partial charge in [0.1, 0.15) is 22.5 Å². The molecule has 5 rings (SSSR count). The fraction of sp³-hybridized carbons (Fsp3) is 0.233. The zero-order chi connectivity index (χ0) is 26.3. The SMILES string of the molecule is Cc1cc(C(C)Nc2ccccc2C(=O)OC(C)(C)C)c2oc(-c3cn4ccccc4n3)cc(=O)c2c1. The highest BCUT2D eigenvalue weighted by Gasteiger charge is 2.22. The van der Waals surface area contributed by atoms with Crippen molar-refractivity contribution in [1.29, 1.82) is 0 Å². The molecule has 0 radical (unpaired) electrons. The molecule has 1 atom stereocenters. The summed E-state index contributed by atoms with van der Waals surface area (Å²) < 4.78 is 13.8. The van der Waals surface area contributed by atoms with Crippen molar-refractivity contribution in [3.05, 3.63) is 100.0 Å². The molecule has 3 aromatic heterocycles. The predicted molar refractivity (Wildman–Crippen MR) is 145 cm³/mol. The number of para-hydroxylation sites is 1. The minimum atomic E-state index is -0.611. The second-order valence-corrected chi connectivity index (χ2v) is 10.2. The molecule has 7 heteroatoms. The van der Waals surface area contributed by atoms with Crippen LogP contribution in [-0.4, -0.2) is 21.0 Å². The number of nitrogens with one attached hydrogen (secondary N) is 1. The Bertz CT molecular complexity index is 1660. The van der Waals surface area contributed by atoms with Gasteiger partial charge in [-0.2, -0.15) is 0 Å². The van der Waals surface area contributed by atoms with Gasteiger partial charge in [0, 0.05) is 29.7 Å². The number of anilines is 1. The van der Waals surface area contributed by atoms with E-state index >= 15 is 0 Å². The molecule has 0 amide bonds. The first-order valence-corrected chi connectivity index (χ1v) is 12.2. The van der Waals surface area contributed by atoms with E-state index in [2.05, 4.69) is 10.3 Å². The molecular weight excluding hydrogens is 466 g/mol. The van der Waals surface area contributed by atoms with E-state index in [4.69, 9.17) is 9.15 Å². The van der Waals surface area contributed by atoms with Crippen LogP contribution in [0.4, 0.5) is 5.69 Å². The molecule has 3 heterocycles. The van der Waals surface area contributed by atoms with Crippen LogP contribution in [0.15, 0.2) is 82.3 Å². The fourth-order valence-electron chi connectivity index (χ4n) is 4.37. The highest BCUT2D eigenvalue weighted by molar-refractivity contribution is 5.96. The normalized spacial score (nSPS) is 12.6. The third kappa shape index (κ3) is 4.98. The van der Waals surface area contributed by atoms with Crippen molar-refractivity contribution in [1.82, 2.24) is 9.38 Å². The molecule has 2 aromatic carbocycles. The summed E-state index contributed by atoms with van der Waals surface area (Å²) in [7, 11) is 0. The topological polar surface area (TPSA) is 85.8 Å². The molecule has 0 fully saturated rings. The lowest BCUT2D eigenvalue weighted by Crippen LogP contribution is -2.24. The van der Waals surface area contributed by atoms with E-state index in [-0.39, 0.29) is 11.5 Å². The summed E-state index contributed by atoms with van der Waals surface area (Å²) in [5.41, 5.74) is 3.89. The summed E-state index contributed by atoms with van der Waals surface area (Å²) in [5, 5.41) is 3.93. The van der Waals surface area contributed by atoms with Gasteiger partial charge < -0.3 is 18.9 Å². The fourth-order valence-corrected chi connectivity index (χ4v) is 4.37. The van der Waals surface area contributed by atoms with Crippen LogP contribution in [0, 0.1) is 6.92 Å². The second-order valence-electron chi connectivity index (χ2n) is 10.2. The molecule has 0 bridgehead atoms. The van der Waals surface area contributed by atoms with Crippen molar-refractivity contribution in [3.63, 3.8) is 0 Å². The minimum Gasteiger partial charge on any atom is -0.456 e. The van der Waals surface area contributed by atoms with Crippen molar-refractivity contribution in [2.45, 2.75) is 46.3 Å². The van der Waals surface area contributed by atoms with Crippen LogP contribution in [0.5, 0.6) is 0 Å². The van der Waals surface area contributed by atoms with E-state index < -0.39 is 11.6 Å². The molecule has 188 valence electrons. The van der Waals surface area contributed by atoms with Crippen LogP contribution in [0.2, 0.25) is 0 Å². The zero-order valence-corrected chi connectivity index (χ0v) is 21.5. The molecule has 0 saturated heterocycles. The van der Waals surface area contributed by atoms with Gasteiger partial charge in [-0.15, -0.1) is 0 Å². The van der Waals surface area contributed by atoms with Crippen molar-refractivity contribution in [2.24, 2.45) is 0 Å². The Labute approximate surface area is 214 Å². The molecule has 0 aliphatic carbocycles. The Morgan fingerprint density at radius 1 is 1.08 bits per heavy atom. The van der Waals surface area contributed by atoms with Crippen molar-refractivity contribution in [3.8, 4) is 11.5 Å². The maximum Gasteiger partial charge on any atom is 0.340 e. The number of ether oxygens (including phenoxy) is 1. The van der Waals surface area contributed by atoms with Crippen LogP contribution in [0.1, 0.15) is 55.2 Å². The van der Waals surface area contributed by atoms with Gasteiger partial charge in [-0.3, -0.25) is 4.79 Å². The summed E-state index contributed by atoms with van der Waals surface area (Å²) in [5.74, 6) is -0.00905. The number of carbonyl (C=O) groups excluding carboxylic acids is 1. The molecule has 37 heavy (non-hydrogen) atoms. The Hall–Kier alpha value is -4.39.